The van der Waals surface area contributed by atoms with E-state index in [9.17, 15) is 0 Å². The van der Waals surface area contributed by atoms with Crippen LogP contribution in [0.4, 0.5) is 11.4 Å². The maximum absolute atomic E-state index is 5.73. The first-order valence-electron chi connectivity index (χ1n) is 5.93. The van der Waals surface area contributed by atoms with Crippen molar-refractivity contribution in [3.8, 4) is 0 Å². The number of nitrogen functional groups attached to an aromatic ring is 1. The Hall–Kier alpha value is -1.22. The summed E-state index contributed by atoms with van der Waals surface area (Å²) in [4.78, 5) is 2.39. The molecular weight excluding hydrogens is 198 g/mol. The van der Waals surface area contributed by atoms with Crippen molar-refractivity contribution in [3.63, 3.8) is 0 Å². The van der Waals surface area contributed by atoms with Gasteiger partial charge in [-0.05, 0) is 56.6 Å². The second-order valence-corrected chi connectivity index (χ2v) is 4.87. The number of benzene rings is 1. The monoisotopic (exact) mass is 219 g/mol. The second-order valence-electron chi connectivity index (χ2n) is 4.87. The van der Waals surface area contributed by atoms with Crippen LogP contribution >= 0.6 is 0 Å². The van der Waals surface area contributed by atoms with Gasteiger partial charge in [0.1, 0.15) is 0 Å². The lowest BCUT2D eigenvalue weighted by molar-refractivity contribution is 0.399. The molecule has 1 aliphatic heterocycles. The van der Waals surface area contributed by atoms with Crippen LogP contribution in [0.3, 0.4) is 0 Å². The van der Waals surface area contributed by atoms with Gasteiger partial charge in [0.25, 0.3) is 0 Å². The summed E-state index contributed by atoms with van der Waals surface area (Å²) in [5.74, 6) is 0.780. The normalized spacial score (nSPS) is 21.2. The van der Waals surface area contributed by atoms with E-state index in [2.05, 4.69) is 30.3 Å². The van der Waals surface area contributed by atoms with E-state index in [-0.39, 0.29) is 0 Å². The van der Waals surface area contributed by atoms with Gasteiger partial charge in [-0.25, -0.2) is 0 Å². The van der Waals surface area contributed by atoms with Crippen LogP contribution < -0.4 is 11.1 Å². The first-order chi connectivity index (χ1) is 7.65. The van der Waals surface area contributed by atoms with Gasteiger partial charge in [0.15, 0.2) is 0 Å². The second kappa shape index (κ2) is 4.74. The molecule has 88 valence electrons. The Balaban J connectivity index is 1.89. The Morgan fingerprint density at radius 2 is 2.31 bits per heavy atom. The number of nitrogens with one attached hydrogen (secondary N) is 1. The van der Waals surface area contributed by atoms with Crippen molar-refractivity contribution in [1.29, 1.82) is 0 Å². The van der Waals surface area contributed by atoms with E-state index in [0.29, 0.717) is 0 Å². The number of anilines is 2. The Labute approximate surface area is 97.6 Å². The summed E-state index contributed by atoms with van der Waals surface area (Å²) in [7, 11) is 2.19. The molecule has 1 saturated heterocycles. The molecule has 16 heavy (non-hydrogen) atoms. The minimum absolute atomic E-state index is 0.780. The van der Waals surface area contributed by atoms with Crippen LogP contribution in [0.15, 0.2) is 18.2 Å². The van der Waals surface area contributed by atoms with Gasteiger partial charge in [-0.1, -0.05) is 0 Å². The third-order valence-electron chi connectivity index (χ3n) is 3.32. The van der Waals surface area contributed by atoms with Crippen LogP contribution in [-0.4, -0.2) is 31.6 Å². The number of likely N-dealkylation sites (tertiary alicyclic amines) is 1. The highest BCUT2D eigenvalue weighted by Gasteiger charge is 2.18. The summed E-state index contributed by atoms with van der Waals surface area (Å²) in [5.41, 5.74) is 9.01. The van der Waals surface area contributed by atoms with Gasteiger partial charge in [0, 0.05) is 24.5 Å². The van der Waals surface area contributed by atoms with Crippen molar-refractivity contribution in [2.24, 2.45) is 5.92 Å². The summed E-state index contributed by atoms with van der Waals surface area (Å²) >= 11 is 0. The Morgan fingerprint density at radius 3 is 2.94 bits per heavy atom. The molecule has 1 heterocycles. The fraction of sp³-hybridized carbons (Fsp3) is 0.538. The third kappa shape index (κ3) is 2.67. The maximum atomic E-state index is 5.73. The number of hydrogen-bond acceptors (Lipinski definition) is 3. The van der Waals surface area contributed by atoms with Gasteiger partial charge >= 0.3 is 0 Å². The molecule has 1 atom stereocenters. The summed E-state index contributed by atoms with van der Waals surface area (Å²) in [6.45, 7) is 5.60. The lowest BCUT2D eigenvalue weighted by Gasteiger charge is -2.14. The highest BCUT2D eigenvalue weighted by atomic mass is 15.1. The first-order valence-corrected chi connectivity index (χ1v) is 5.93. The van der Waals surface area contributed by atoms with Crippen molar-refractivity contribution in [1.82, 2.24) is 4.90 Å². The van der Waals surface area contributed by atoms with Crippen molar-refractivity contribution >= 4 is 11.4 Å². The maximum Gasteiger partial charge on any atom is 0.0371 e. The van der Waals surface area contributed by atoms with Gasteiger partial charge in [-0.3, -0.25) is 0 Å². The molecule has 0 aromatic heterocycles. The van der Waals surface area contributed by atoms with Crippen molar-refractivity contribution in [3.05, 3.63) is 23.8 Å². The first kappa shape index (κ1) is 11.3. The van der Waals surface area contributed by atoms with Crippen LogP contribution in [0.5, 0.6) is 0 Å². The molecule has 1 aliphatic rings. The average Bonchev–Trinajstić information content (AvgIpc) is 2.63. The molecule has 0 bridgehead atoms. The van der Waals surface area contributed by atoms with Crippen LogP contribution in [0, 0.1) is 12.8 Å². The standard InChI is InChI=1S/C13H21N3/c1-10-7-12(14)3-4-13(10)15-8-11-5-6-16(2)9-11/h3-4,7,11,15H,5-6,8-9,14H2,1-2H3. The molecule has 1 unspecified atom stereocenters. The molecule has 3 N–H and O–H groups in total. The molecule has 3 heteroatoms. The summed E-state index contributed by atoms with van der Waals surface area (Å²) in [5, 5.41) is 3.52. The molecule has 0 saturated carbocycles. The minimum Gasteiger partial charge on any atom is -0.399 e. The molecule has 3 nitrogen and oxygen atoms in total. The van der Waals surface area contributed by atoms with Crippen molar-refractivity contribution in [2.75, 3.05) is 37.7 Å². The van der Waals surface area contributed by atoms with Gasteiger partial charge in [-0.2, -0.15) is 0 Å². The molecule has 1 aromatic carbocycles. The molecule has 1 fully saturated rings. The highest BCUT2D eigenvalue weighted by Crippen LogP contribution is 2.20. The SMILES string of the molecule is Cc1cc(N)ccc1NCC1CCN(C)C1. The molecule has 2 rings (SSSR count). The largest absolute Gasteiger partial charge is 0.399 e. The van der Waals surface area contributed by atoms with E-state index in [0.717, 1.165) is 18.2 Å². The molecule has 0 amide bonds. The quantitative estimate of drug-likeness (QED) is 0.763. The van der Waals surface area contributed by atoms with E-state index in [1.165, 1.54) is 30.8 Å². The number of nitrogens with zero attached hydrogens (tertiary/aromatic N) is 1. The summed E-state index contributed by atoms with van der Waals surface area (Å²) < 4.78 is 0. The predicted molar refractivity (Wildman–Crippen MR) is 69.7 cm³/mol. The van der Waals surface area contributed by atoms with Gasteiger partial charge in [0.05, 0.1) is 0 Å². The topological polar surface area (TPSA) is 41.3 Å². The lowest BCUT2D eigenvalue weighted by atomic mass is 10.1. The minimum atomic E-state index is 0.780. The molecule has 0 radical (unpaired) electrons. The molecule has 1 aromatic rings. The van der Waals surface area contributed by atoms with E-state index in [4.69, 9.17) is 5.73 Å². The van der Waals surface area contributed by atoms with E-state index in [1.54, 1.807) is 0 Å². The zero-order valence-corrected chi connectivity index (χ0v) is 10.2. The number of hydrogen-bond donors (Lipinski definition) is 2. The van der Waals surface area contributed by atoms with Crippen LogP contribution in [0.1, 0.15) is 12.0 Å². The predicted octanol–water partition coefficient (Wildman–Crippen LogP) is 1.94. The van der Waals surface area contributed by atoms with Gasteiger partial charge in [-0.15, -0.1) is 0 Å². The fourth-order valence-corrected chi connectivity index (χ4v) is 2.33. The van der Waals surface area contributed by atoms with Gasteiger partial charge < -0.3 is 16.0 Å². The zero-order chi connectivity index (χ0) is 11.5. The lowest BCUT2D eigenvalue weighted by Crippen LogP contribution is -2.19. The molecular formula is C13H21N3. The Kier molecular flexibility index (Phi) is 3.34. The zero-order valence-electron chi connectivity index (χ0n) is 10.2. The van der Waals surface area contributed by atoms with E-state index in [1.807, 2.05) is 12.1 Å². The van der Waals surface area contributed by atoms with Crippen LogP contribution in [0.2, 0.25) is 0 Å². The van der Waals surface area contributed by atoms with E-state index >= 15 is 0 Å². The van der Waals surface area contributed by atoms with Crippen LogP contribution in [-0.2, 0) is 0 Å². The highest BCUT2D eigenvalue weighted by molar-refractivity contribution is 5.57. The third-order valence-corrected chi connectivity index (χ3v) is 3.32. The van der Waals surface area contributed by atoms with Gasteiger partial charge in [0.2, 0.25) is 0 Å². The van der Waals surface area contributed by atoms with Crippen LogP contribution in [0.25, 0.3) is 0 Å². The fourth-order valence-electron chi connectivity index (χ4n) is 2.33. The van der Waals surface area contributed by atoms with E-state index < -0.39 is 0 Å². The summed E-state index contributed by atoms with van der Waals surface area (Å²) in [6.07, 6.45) is 1.30. The number of rotatable bonds is 3. The number of nitrogens with two attached hydrogens (primary N) is 1. The average molecular weight is 219 g/mol. The van der Waals surface area contributed by atoms with Crippen molar-refractivity contribution < 1.29 is 0 Å². The Bertz CT molecular complexity index is 362. The van der Waals surface area contributed by atoms with Crippen molar-refractivity contribution in [2.45, 2.75) is 13.3 Å². The summed E-state index contributed by atoms with van der Waals surface area (Å²) in [6, 6.07) is 6.04. The smallest absolute Gasteiger partial charge is 0.0371 e. The number of aryl methyl sites for hydroxylation is 1. The molecule has 0 aliphatic carbocycles. The molecule has 0 spiro atoms. The Morgan fingerprint density at radius 1 is 1.50 bits per heavy atom.